The monoisotopic (exact) mass is 194 g/mol. The Labute approximate surface area is 81.7 Å². The molecule has 0 aliphatic rings. The van der Waals surface area contributed by atoms with Crippen molar-refractivity contribution < 1.29 is 14.0 Å². The molecule has 1 aromatic rings. The molecule has 0 heterocycles. The molecule has 0 aliphatic carbocycles. The lowest BCUT2D eigenvalue weighted by Gasteiger charge is -2.02. The van der Waals surface area contributed by atoms with Crippen molar-refractivity contribution in [3.8, 4) is 0 Å². The standard InChI is InChI=1S/C11H11FO2/c1-3-10(13)11(14)9-6-8(12)5-4-7(9)2/h4-6H,3H2,1-2H3. The van der Waals surface area contributed by atoms with Crippen molar-refractivity contribution in [3.05, 3.63) is 35.1 Å². The summed E-state index contributed by atoms with van der Waals surface area (Å²) < 4.78 is 12.8. The third-order valence-corrected chi connectivity index (χ3v) is 2.02. The van der Waals surface area contributed by atoms with E-state index < -0.39 is 17.4 Å². The summed E-state index contributed by atoms with van der Waals surface area (Å²) in [5.74, 6) is -1.59. The van der Waals surface area contributed by atoms with Crippen LogP contribution in [0.4, 0.5) is 4.39 Å². The molecule has 0 bridgehead atoms. The van der Waals surface area contributed by atoms with E-state index in [0.29, 0.717) is 5.56 Å². The third-order valence-electron chi connectivity index (χ3n) is 2.02. The Balaban J connectivity index is 3.12. The topological polar surface area (TPSA) is 34.1 Å². The van der Waals surface area contributed by atoms with E-state index in [4.69, 9.17) is 0 Å². The van der Waals surface area contributed by atoms with E-state index in [1.165, 1.54) is 12.1 Å². The predicted octanol–water partition coefficient (Wildman–Crippen LogP) is 2.30. The summed E-state index contributed by atoms with van der Waals surface area (Å²) >= 11 is 0. The molecule has 1 aromatic carbocycles. The Morgan fingerprint density at radius 1 is 1.36 bits per heavy atom. The molecule has 0 amide bonds. The van der Waals surface area contributed by atoms with E-state index in [1.807, 2.05) is 0 Å². The van der Waals surface area contributed by atoms with E-state index in [1.54, 1.807) is 13.8 Å². The van der Waals surface area contributed by atoms with E-state index in [9.17, 15) is 14.0 Å². The van der Waals surface area contributed by atoms with Crippen LogP contribution < -0.4 is 0 Å². The molecular formula is C11H11FO2. The van der Waals surface area contributed by atoms with Crippen LogP contribution in [0.15, 0.2) is 18.2 Å². The summed E-state index contributed by atoms with van der Waals surface area (Å²) in [6, 6.07) is 3.86. The molecule has 0 aromatic heterocycles. The van der Waals surface area contributed by atoms with Crippen molar-refractivity contribution in [1.82, 2.24) is 0 Å². The summed E-state index contributed by atoms with van der Waals surface area (Å²) in [6.07, 6.45) is 0.148. The molecule has 0 N–H and O–H groups in total. The molecule has 0 unspecified atom stereocenters. The predicted molar refractivity (Wildman–Crippen MR) is 50.8 cm³/mol. The van der Waals surface area contributed by atoms with Crippen molar-refractivity contribution in [2.45, 2.75) is 20.3 Å². The van der Waals surface area contributed by atoms with Crippen LogP contribution in [0.2, 0.25) is 0 Å². The fourth-order valence-corrected chi connectivity index (χ4v) is 1.15. The van der Waals surface area contributed by atoms with Gasteiger partial charge >= 0.3 is 0 Å². The zero-order chi connectivity index (χ0) is 10.7. The van der Waals surface area contributed by atoms with Crippen LogP contribution in [0.1, 0.15) is 29.3 Å². The second-order valence-corrected chi connectivity index (χ2v) is 3.07. The van der Waals surface area contributed by atoms with Gasteiger partial charge in [0.05, 0.1) is 0 Å². The van der Waals surface area contributed by atoms with Gasteiger partial charge < -0.3 is 0 Å². The number of Topliss-reactive ketones (excluding diaryl/α,β-unsaturated/α-hetero) is 2. The first-order valence-electron chi connectivity index (χ1n) is 4.40. The normalized spacial score (nSPS) is 9.93. The molecule has 1 rings (SSSR count). The minimum atomic E-state index is -0.607. The van der Waals surface area contributed by atoms with Crippen molar-refractivity contribution in [2.24, 2.45) is 0 Å². The maximum absolute atomic E-state index is 12.8. The minimum absolute atomic E-state index is 0.148. The Hall–Kier alpha value is -1.51. The van der Waals surface area contributed by atoms with Crippen LogP contribution in [-0.2, 0) is 4.79 Å². The number of aryl methyl sites for hydroxylation is 1. The molecule has 14 heavy (non-hydrogen) atoms. The van der Waals surface area contributed by atoms with Gasteiger partial charge in [-0.25, -0.2) is 4.39 Å². The van der Waals surface area contributed by atoms with Gasteiger partial charge in [0, 0.05) is 12.0 Å². The number of carbonyl (C=O) groups excluding carboxylic acids is 2. The number of ketones is 2. The lowest BCUT2D eigenvalue weighted by Crippen LogP contribution is -2.14. The van der Waals surface area contributed by atoms with Crippen molar-refractivity contribution in [3.63, 3.8) is 0 Å². The first kappa shape index (κ1) is 10.6. The van der Waals surface area contributed by atoms with E-state index >= 15 is 0 Å². The molecule has 0 fully saturated rings. The number of hydrogen-bond donors (Lipinski definition) is 0. The lowest BCUT2D eigenvalue weighted by molar-refractivity contribution is -0.114. The molecule has 74 valence electrons. The summed E-state index contributed by atoms with van der Waals surface area (Å²) in [5.41, 5.74) is 0.787. The summed E-state index contributed by atoms with van der Waals surface area (Å²) in [7, 11) is 0. The fourth-order valence-electron chi connectivity index (χ4n) is 1.15. The number of benzene rings is 1. The highest BCUT2D eigenvalue weighted by atomic mass is 19.1. The summed E-state index contributed by atoms with van der Waals surface area (Å²) in [6.45, 7) is 3.28. The number of carbonyl (C=O) groups is 2. The first-order valence-corrected chi connectivity index (χ1v) is 4.40. The molecule has 0 aliphatic heterocycles. The summed E-state index contributed by atoms with van der Waals surface area (Å²) in [5, 5.41) is 0. The molecule has 3 heteroatoms. The first-order chi connectivity index (χ1) is 6.56. The van der Waals surface area contributed by atoms with Gasteiger partial charge in [0.1, 0.15) is 5.82 Å². The van der Waals surface area contributed by atoms with Crippen LogP contribution in [0.5, 0.6) is 0 Å². The molecule has 0 radical (unpaired) electrons. The van der Waals surface area contributed by atoms with Crippen molar-refractivity contribution in [1.29, 1.82) is 0 Å². The van der Waals surface area contributed by atoms with Crippen LogP contribution in [0, 0.1) is 12.7 Å². The second-order valence-electron chi connectivity index (χ2n) is 3.07. The number of halogens is 1. The van der Waals surface area contributed by atoms with Gasteiger partial charge in [0.2, 0.25) is 11.6 Å². The smallest absolute Gasteiger partial charge is 0.228 e. The molecule has 0 spiro atoms. The van der Waals surface area contributed by atoms with E-state index in [-0.39, 0.29) is 12.0 Å². The van der Waals surface area contributed by atoms with Crippen molar-refractivity contribution in [2.75, 3.05) is 0 Å². The minimum Gasteiger partial charge on any atom is -0.290 e. The van der Waals surface area contributed by atoms with E-state index in [0.717, 1.165) is 6.07 Å². The average Bonchev–Trinajstić information content (AvgIpc) is 2.19. The number of rotatable bonds is 3. The van der Waals surface area contributed by atoms with Gasteiger partial charge in [-0.2, -0.15) is 0 Å². The van der Waals surface area contributed by atoms with Gasteiger partial charge in [0.15, 0.2) is 0 Å². The maximum atomic E-state index is 12.8. The Morgan fingerprint density at radius 2 is 2.00 bits per heavy atom. The molecular weight excluding hydrogens is 183 g/mol. The quantitative estimate of drug-likeness (QED) is 0.546. The number of hydrogen-bond acceptors (Lipinski definition) is 2. The van der Waals surface area contributed by atoms with Crippen LogP contribution >= 0.6 is 0 Å². The second kappa shape index (κ2) is 4.13. The average molecular weight is 194 g/mol. The van der Waals surface area contributed by atoms with Crippen LogP contribution in [0.25, 0.3) is 0 Å². The highest BCUT2D eigenvalue weighted by Gasteiger charge is 2.16. The van der Waals surface area contributed by atoms with Gasteiger partial charge in [-0.1, -0.05) is 13.0 Å². The molecule has 0 saturated heterocycles. The highest BCUT2D eigenvalue weighted by molar-refractivity contribution is 6.43. The zero-order valence-corrected chi connectivity index (χ0v) is 8.13. The lowest BCUT2D eigenvalue weighted by atomic mass is 10.0. The van der Waals surface area contributed by atoms with E-state index in [2.05, 4.69) is 0 Å². The third kappa shape index (κ3) is 2.05. The maximum Gasteiger partial charge on any atom is 0.228 e. The van der Waals surface area contributed by atoms with Gasteiger partial charge in [-0.05, 0) is 24.6 Å². The molecule has 0 saturated carbocycles. The SMILES string of the molecule is CCC(=O)C(=O)c1cc(F)ccc1C. The Morgan fingerprint density at radius 3 is 2.57 bits per heavy atom. The zero-order valence-electron chi connectivity index (χ0n) is 8.13. The van der Waals surface area contributed by atoms with Gasteiger partial charge in [-0.3, -0.25) is 9.59 Å². The molecule has 2 nitrogen and oxygen atoms in total. The van der Waals surface area contributed by atoms with Crippen LogP contribution in [-0.4, -0.2) is 11.6 Å². The molecule has 0 atom stereocenters. The van der Waals surface area contributed by atoms with Crippen molar-refractivity contribution >= 4 is 11.6 Å². The van der Waals surface area contributed by atoms with Gasteiger partial charge in [-0.15, -0.1) is 0 Å². The fraction of sp³-hybridized carbons (Fsp3) is 0.273. The highest BCUT2D eigenvalue weighted by Crippen LogP contribution is 2.11. The Bertz CT molecular complexity index is 383. The summed E-state index contributed by atoms with van der Waals surface area (Å²) in [4.78, 5) is 22.5. The van der Waals surface area contributed by atoms with Gasteiger partial charge in [0.25, 0.3) is 0 Å². The largest absolute Gasteiger partial charge is 0.290 e. The van der Waals surface area contributed by atoms with Crippen LogP contribution in [0.3, 0.4) is 0 Å². The Kier molecular flexibility index (Phi) is 3.12.